The molecule has 102 valence electrons. The number of carboxylic acid groups (broad SMARTS) is 1. The lowest BCUT2D eigenvalue weighted by Gasteiger charge is -2.13. The molecule has 0 aromatic heterocycles. The molecule has 1 saturated heterocycles. The zero-order chi connectivity index (χ0) is 14.0. The molecule has 1 aliphatic rings. The van der Waals surface area contributed by atoms with Gasteiger partial charge in [0.25, 0.3) is 5.91 Å². The predicted octanol–water partition coefficient (Wildman–Crippen LogP) is 1.70. The summed E-state index contributed by atoms with van der Waals surface area (Å²) in [6, 6.07) is 4.08. The van der Waals surface area contributed by atoms with Crippen molar-refractivity contribution in [2.45, 2.75) is 32.0 Å². The highest BCUT2D eigenvalue weighted by Crippen LogP contribution is 2.22. The van der Waals surface area contributed by atoms with Crippen LogP contribution in [0.4, 0.5) is 10.1 Å². The molecule has 0 saturated carbocycles. The van der Waals surface area contributed by atoms with Gasteiger partial charge in [0.05, 0.1) is 0 Å². The van der Waals surface area contributed by atoms with Crippen molar-refractivity contribution < 1.29 is 23.8 Å². The van der Waals surface area contributed by atoms with Crippen LogP contribution in [0.1, 0.15) is 18.4 Å². The zero-order valence-electron chi connectivity index (χ0n) is 10.4. The molecule has 1 aliphatic heterocycles. The van der Waals surface area contributed by atoms with Crippen LogP contribution in [-0.2, 0) is 14.3 Å². The fourth-order valence-corrected chi connectivity index (χ4v) is 1.95. The summed E-state index contributed by atoms with van der Waals surface area (Å²) in [5.41, 5.74) is 1.09. The molecule has 1 heterocycles. The molecule has 0 unspecified atom stereocenters. The maximum atomic E-state index is 13.1. The molecular weight excluding hydrogens is 253 g/mol. The van der Waals surface area contributed by atoms with Crippen LogP contribution in [0.5, 0.6) is 0 Å². The van der Waals surface area contributed by atoms with Gasteiger partial charge in [0, 0.05) is 5.69 Å². The molecule has 1 aromatic carbocycles. The van der Waals surface area contributed by atoms with Crippen LogP contribution >= 0.6 is 0 Å². The fraction of sp³-hybridized carbons (Fsp3) is 0.385. The van der Waals surface area contributed by atoms with Crippen molar-refractivity contribution in [3.63, 3.8) is 0 Å². The number of carboxylic acids is 1. The number of hydrogen-bond donors (Lipinski definition) is 2. The predicted molar refractivity (Wildman–Crippen MR) is 65.3 cm³/mol. The van der Waals surface area contributed by atoms with Crippen LogP contribution < -0.4 is 5.32 Å². The monoisotopic (exact) mass is 267 g/mol. The van der Waals surface area contributed by atoms with E-state index in [0.717, 1.165) is 5.56 Å². The molecule has 0 radical (unpaired) electrons. The van der Waals surface area contributed by atoms with Crippen molar-refractivity contribution in [1.82, 2.24) is 0 Å². The van der Waals surface area contributed by atoms with E-state index in [4.69, 9.17) is 9.84 Å². The molecule has 19 heavy (non-hydrogen) atoms. The topological polar surface area (TPSA) is 75.6 Å². The highest BCUT2D eigenvalue weighted by atomic mass is 19.1. The number of aryl methyl sites for hydroxylation is 1. The number of carbonyl (C=O) groups is 2. The lowest BCUT2D eigenvalue weighted by molar-refractivity contribution is -0.150. The third-order valence-electron chi connectivity index (χ3n) is 3.04. The Kier molecular flexibility index (Phi) is 3.80. The van der Waals surface area contributed by atoms with Crippen LogP contribution in [0.2, 0.25) is 0 Å². The Morgan fingerprint density at radius 2 is 2.05 bits per heavy atom. The van der Waals surface area contributed by atoms with Gasteiger partial charge in [-0.15, -0.1) is 0 Å². The Morgan fingerprint density at radius 3 is 2.68 bits per heavy atom. The van der Waals surface area contributed by atoms with Crippen molar-refractivity contribution in [3.8, 4) is 0 Å². The molecule has 0 spiro atoms. The second-order valence-corrected chi connectivity index (χ2v) is 4.48. The summed E-state index contributed by atoms with van der Waals surface area (Å²) in [6.45, 7) is 1.74. The minimum atomic E-state index is -1.07. The Bertz CT molecular complexity index is 517. The Labute approximate surface area is 109 Å². The third-order valence-corrected chi connectivity index (χ3v) is 3.04. The smallest absolute Gasteiger partial charge is 0.332 e. The summed E-state index contributed by atoms with van der Waals surface area (Å²) < 4.78 is 18.2. The van der Waals surface area contributed by atoms with E-state index >= 15 is 0 Å². The Morgan fingerprint density at radius 1 is 1.37 bits per heavy atom. The number of halogens is 1. The third kappa shape index (κ3) is 3.08. The van der Waals surface area contributed by atoms with Crippen molar-refractivity contribution in [3.05, 3.63) is 29.6 Å². The molecule has 0 aliphatic carbocycles. The van der Waals surface area contributed by atoms with Gasteiger partial charge in [0.15, 0.2) is 6.10 Å². The SMILES string of the molecule is Cc1ccc(F)cc1NC(=O)[C@@H]1CC[C@H](C(=O)O)O1. The lowest BCUT2D eigenvalue weighted by Crippen LogP contribution is -2.30. The summed E-state index contributed by atoms with van der Waals surface area (Å²) in [4.78, 5) is 22.6. The Balaban J connectivity index is 2.02. The average Bonchev–Trinajstić information content (AvgIpc) is 2.83. The normalized spacial score (nSPS) is 22.2. The number of carbonyl (C=O) groups excluding carboxylic acids is 1. The number of hydrogen-bond acceptors (Lipinski definition) is 3. The van der Waals surface area contributed by atoms with E-state index < -0.39 is 29.9 Å². The molecule has 1 amide bonds. The van der Waals surface area contributed by atoms with Gasteiger partial charge in [-0.25, -0.2) is 9.18 Å². The van der Waals surface area contributed by atoms with Crippen LogP contribution in [0.15, 0.2) is 18.2 Å². The summed E-state index contributed by atoms with van der Waals surface area (Å²) in [7, 11) is 0. The minimum Gasteiger partial charge on any atom is -0.479 e. The van der Waals surface area contributed by atoms with Crippen molar-refractivity contribution in [2.24, 2.45) is 0 Å². The number of nitrogens with one attached hydrogen (secondary N) is 1. The molecule has 6 heteroatoms. The lowest BCUT2D eigenvalue weighted by atomic mass is 10.1. The number of aliphatic carboxylic acids is 1. The van der Waals surface area contributed by atoms with E-state index in [2.05, 4.69) is 5.32 Å². The number of amides is 1. The second kappa shape index (κ2) is 5.36. The maximum absolute atomic E-state index is 13.1. The summed E-state index contributed by atoms with van der Waals surface area (Å²) >= 11 is 0. The summed E-state index contributed by atoms with van der Waals surface area (Å²) in [5, 5.41) is 11.3. The van der Waals surface area contributed by atoms with Crippen LogP contribution in [0.3, 0.4) is 0 Å². The van der Waals surface area contributed by atoms with Crippen molar-refractivity contribution in [2.75, 3.05) is 5.32 Å². The summed E-state index contributed by atoms with van der Waals surface area (Å²) in [5.74, 6) is -1.97. The summed E-state index contributed by atoms with van der Waals surface area (Å²) in [6.07, 6.45) is -1.10. The molecule has 1 aromatic rings. The molecular formula is C13H14FNO4. The first-order valence-electron chi connectivity index (χ1n) is 5.92. The van der Waals surface area contributed by atoms with Crippen molar-refractivity contribution in [1.29, 1.82) is 0 Å². The van der Waals surface area contributed by atoms with Crippen LogP contribution in [-0.4, -0.2) is 29.2 Å². The van der Waals surface area contributed by atoms with Gasteiger partial charge in [-0.3, -0.25) is 4.79 Å². The molecule has 1 fully saturated rings. The van der Waals surface area contributed by atoms with Gasteiger partial charge >= 0.3 is 5.97 Å². The molecule has 2 atom stereocenters. The molecule has 2 N–H and O–H groups in total. The van der Waals surface area contributed by atoms with Gasteiger partial charge in [-0.2, -0.15) is 0 Å². The molecule has 0 bridgehead atoms. The van der Waals surface area contributed by atoms with Gasteiger partial charge < -0.3 is 15.2 Å². The highest BCUT2D eigenvalue weighted by molar-refractivity contribution is 5.95. The standard InChI is InChI=1S/C13H14FNO4/c1-7-2-3-8(14)6-9(7)15-12(16)10-4-5-11(19-10)13(17)18/h2-3,6,10-11H,4-5H2,1H3,(H,15,16)(H,17,18)/t10-,11+/m0/s1. The van der Waals surface area contributed by atoms with E-state index in [-0.39, 0.29) is 0 Å². The quantitative estimate of drug-likeness (QED) is 0.874. The minimum absolute atomic E-state index is 0.301. The van der Waals surface area contributed by atoms with E-state index in [0.29, 0.717) is 18.5 Å². The van der Waals surface area contributed by atoms with E-state index in [9.17, 15) is 14.0 Å². The first kappa shape index (κ1) is 13.5. The number of benzene rings is 1. The molecule has 2 rings (SSSR count). The van der Waals surface area contributed by atoms with E-state index in [1.165, 1.54) is 12.1 Å². The first-order valence-corrected chi connectivity index (χ1v) is 5.92. The average molecular weight is 267 g/mol. The van der Waals surface area contributed by atoms with Crippen LogP contribution in [0, 0.1) is 12.7 Å². The van der Waals surface area contributed by atoms with Gasteiger partial charge in [-0.05, 0) is 37.5 Å². The van der Waals surface area contributed by atoms with Crippen molar-refractivity contribution >= 4 is 17.6 Å². The Hall–Kier alpha value is -1.95. The number of anilines is 1. The number of rotatable bonds is 3. The van der Waals surface area contributed by atoms with E-state index in [1.807, 2.05) is 0 Å². The van der Waals surface area contributed by atoms with E-state index in [1.54, 1.807) is 13.0 Å². The zero-order valence-corrected chi connectivity index (χ0v) is 10.4. The molecule has 5 nitrogen and oxygen atoms in total. The largest absolute Gasteiger partial charge is 0.479 e. The van der Waals surface area contributed by atoms with Gasteiger partial charge in [0.1, 0.15) is 11.9 Å². The first-order chi connectivity index (χ1) is 8.97. The number of ether oxygens (including phenoxy) is 1. The highest BCUT2D eigenvalue weighted by Gasteiger charge is 2.34. The van der Waals surface area contributed by atoms with Crippen LogP contribution in [0.25, 0.3) is 0 Å². The van der Waals surface area contributed by atoms with Gasteiger partial charge in [0.2, 0.25) is 0 Å². The maximum Gasteiger partial charge on any atom is 0.332 e. The van der Waals surface area contributed by atoms with Gasteiger partial charge in [-0.1, -0.05) is 6.07 Å². The fourth-order valence-electron chi connectivity index (χ4n) is 1.95. The second-order valence-electron chi connectivity index (χ2n) is 4.48.